The predicted molar refractivity (Wildman–Crippen MR) is 137 cm³/mol. The number of aryl methyl sites for hydroxylation is 1. The fourth-order valence-corrected chi connectivity index (χ4v) is 5.64. The molecule has 4 N–H and O–H groups in total. The van der Waals surface area contributed by atoms with Crippen LogP contribution in [0.25, 0.3) is 11.6 Å². The number of carbonyl (C=O) groups is 2. The van der Waals surface area contributed by atoms with Gasteiger partial charge in [-0.25, -0.2) is 0 Å². The maximum Gasteiger partial charge on any atom is 0.256 e. The fraction of sp³-hybridized carbons (Fsp3) is 0.360. The summed E-state index contributed by atoms with van der Waals surface area (Å²) in [6.07, 6.45) is 5.23. The van der Waals surface area contributed by atoms with Gasteiger partial charge in [0.25, 0.3) is 11.8 Å². The number of hydrogen-bond acceptors (Lipinski definition) is 5. The third-order valence-electron chi connectivity index (χ3n) is 6.49. The van der Waals surface area contributed by atoms with E-state index in [4.69, 9.17) is 0 Å². The molecule has 9 heteroatoms. The van der Waals surface area contributed by atoms with Crippen molar-refractivity contribution in [3.05, 3.63) is 58.4 Å². The number of fused-ring (bicyclic) bond motifs is 1. The summed E-state index contributed by atoms with van der Waals surface area (Å²) in [7, 11) is -0.961. The molecule has 0 spiro atoms. The van der Waals surface area contributed by atoms with Crippen molar-refractivity contribution in [2.75, 3.05) is 44.3 Å². The van der Waals surface area contributed by atoms with Gasteiger partial charge in [0.15, 0.2) is 0 Å². The highest BCUT2D eigenvalue weighted by Crippen LogP contribution is 2.50. The zero-order valence-corrected chi connectivity index (χ0v) is 20.8. The first-order valence-electron chi connectivity index (χ1n) is 11.3. The number of H-pyrrole nitrogens is 1. The number of likely N-dealkylation sites (N-methyl/N-ethyl adjacent to an activating group) is 1. The monoisotopic (exact) mass is 484 g/mol. The van der Waals surface area contributed by atoms with Crippen molar-refractivity contribution in [3.63, 3.8) is 0 Å². The highest BCUT2D eigenvalue weighted by atomic mass is 32.3. The van der Waals surface area contributed by atoms with Gasteiger partial charge in [-0.2, -0.15) is 10.6 Å². The highest BCUT2D eigenvalue weighted by molar-refractivity contribution is 8.24. The van der Waals surface area contributed by atoms with Gasteiger partial charge in [0.1, 0.15) is 0 Å². The Balaban J connectivity index is 1.68. The van der Waals surface area contributed by atoms with E-state index in [0.29, 0.717) is 46.1 Å². The summed E-state index contributed by atoms with van der Waals surface area (Å²) in [6, 6.07) is 5.00. The summed E-state index contributed by atoms with van der Waals surface area (Å²) in [5.74, 6) is -0.147. The lowest BCUT2D eigenvalue weighted by molar-refractivity contribution is -0.110. The van der Waals surface area contributed by atoms with E-state index >= 15 is 0 Å². The van der Waals surface area contributed by atoms with Gasteiger partial charge in [0.2, 0.25) is 0 Å². The van der Waals surface area contributed by atoms with Crippen LogP contribution in [0.4, 0.5) is 5.69 Å². The average molecular weight is 485 g/mol. The zero-order valence-electron chi connectivity index (χ0n) is 20.0. The van der Waals surface area contributed by atoms with E-state index in [1.165, 1.54) is 0 Å². The van der Waals surface area contributed by atoms with Crippen LogP contribution in [0, 0.1) is 13.8 Å². The molecule has 2 aliphatic rings. The molecule has 3 heterocycles. The molecule has 4 rings (SSSR count). The molecule has 0 radical (unpaired) electrons. The molecule has 1 fully saturated rings. The molecule has 0 saturated carbocycles. The standard InChI is InChI=1S/C25H32N4O4S/c1-5-6-13-34(32,33)18-7-8-21-19(14-18)20(24(30)27-21)15-22-16(2)23(17(3)26-22)25(31)29-11-9-28(4)10-12-29/h5-8,14-15,26,32-33H,9-13H2,1-4H3,(H,27,30)/b6-5+,20-15+. The number of allylic oxidation sites excluding steroid dienone is 1. The average Bonchev–Trinajstić information content (AvgIpc) is 3.26. The molecule has 2 amide bonds. The summed E-state index contributed by atoms with van der Waals surface area (Å²) < 4.78 is 21.2. The molecule has 1 saturated heterocycles. The lowest BCUT2D eigenvalue weighted by atomic mass is 10.0. The third-order valence-corrected chi connectivity index (χ3v) is 8.15. The Morgan fingerprint density at radius 3 is 2.56 bits per heavy atom. The topological polar surface area (TPSA) is 109 Å². The zero-order chi connectivity index (χ0) is 24.6. The second-order valence-corrected chi connectivity index (χ2v) is 11.0. The maximum atomic E-state index is 13.2. The maximum absolute atomic E-state index is 13.2. The predicted octanol–water partition coefficient (Wildman–Crippen LogP) is 4.20. The van der Waals surface area contributed by atoms with E-state index in [1.807, 2.05) is 25.7 Å². The number of amides is 2. The van der Waals surface area contributed by atoms with Gasteiger partial charge < -0.3 is 20.1 Å². The molecule has 1 aromatic heterocycles. The fourth-order valence-electron chi connectivity index (χ4n) is 4.39. The molecule has 8 nitrogen and oxygen atoms in total. The Labute approximate surface area is 201 Å². The third kappa shape index (κ3) is 4.56. The van der Waals surface area contributed by atoms with Crippen molar-refractivity contribution in [2.24, 2.45) is 0 Å². The van der Waals surface area contributed by atoms with Crippen molar-refractivity contribution in [3.8, 4) is 0 Å². The molecule has 0 atom stereocenters. The van der Waals surface area contributed by atoms with Crippen LogP contribution in [0.5, 0.6) is 0 Å². The smallest absolute Gasteiger partial charge is 0.256 e. The molecular formula is C25H32N4O4S. The van der Waals surface area contributed by atoms with E-state index in [1.54, 1.807) is 36.4 Å². The van der Waals surface area contributed by atoms with E-state index in [-0.39, 0.29) is 17.6 Å². The molecule has 2 aliphatic heterocycles. The van der Waals surface area contributed by atoms with Gasteiger partial charge in [-0.3, -0.25) is 18.7 Å². The van der Waals surface area contributed by atoms with Crippen LogP contribution in [0.3, 0.4) is 0 Å². The Hall–Kier alpha value is -2.85. The van der Waals surface area contributed by atoms with Crippen LogP contribution in [0.15, 0.2) is 35.2 Å². The van der Waals surface area contributed by atoms with E-state index in [9.17, 15) is 18.7 Å². The van der Waals surface area contributed by atoms with Crippen LogP contribution in [-0.2, 0) is 4.79 Å². The first-order valence-corrected chi connectivity index (χ1v) is 13.1. The Morgan fingerprint density at radius 1 is 1.18 bits per heavy atom. The van der Waals surface area contributed by atoms with E-state index in [2.05, 4.69) is 22.2 Å². The lowest BCUT2D eigenvalue weighted by Crippen LogP contribution is -2.47. The normalized spacial score (nSPS) is 18.6. The Morgan fingerprint density at radius 2 is 1.88 bits per heavy atom. The number of nitrogens with one attached hydrogen (secondary N) is 2. The van der Waals surface area contributed by atoms with Crippen molar-refractivity contribution in [2.45, 2.75) is 25.7 Å². The van der Waals surface area contributed by atoms with Crippen LogP contribution in [0.1, 0.15) is 39.8 Å². The number of nitrogens with zero attached hydrogens (tertiary/aromatic N) is 2. The van der Waals surface area contributed by atoms with E-state index in [0.717, 1.165) is 24.3 Å². The number of hydrogen-bond donors (Lipinski definition) is 4. The minimum absolute atomic E-state index is 0.000448. The SMILES string of the molecule is C/C=C/CS(O)(O)c1ccc2c(c1)/C(=C\c1[nH]c(C)c(C(=O)N3CCN(C)CC3)c1C)C(=O)N2. The largest absolute Gasteiger partial charge is 0.358 e. The number of aromatic nitrogens is 1. The number of piperazine rings is 1. The van der Waals surface area contributed by atoms with Gasteiger partial charge in [-0.05, 0) is 57.7 Å². The van der Waals surface area contributed by atoms with Crippen LogP contribution in [-0.4, -0.2) is 74.7 Å². The number of rotatable bonds is 5. The van der Waals surface area contributed by atoms with Crippen molar-refractivity contribution in [1.82, 2.24) is 14.8 Å². The van der Waals surface area contributed by atoms with Crippen LogP contribution >= 0.6 is 10.6 Å². The second kappa shape index (κ2) is 9.42. The Bertz CT molecular complexity index is 1190. The quantitative estimate of drug-likeness (QED) is 0.376. The molecule has 2 aromatic rings. The van der Waals surface area contributed by atoms with Gasteiger partial charge in [0, 0.05) is 48.8 Å². The lowest BCUT2D eigenvalue weighted by Gasteiger charge is -2.32. The van der Waals surface area contributed by atoms with Crippen LogP contribution in [0.2, 0.25) is 0 Å². The van der Waals surface area contributed by atoms with Crippen molar-refractivity contribution in [1.29, 1.82) is 0 Å². The Kier molecular flexibility index (Phi) is 6.73. The van der Waals surface area contributed by atoms with Crippen LogP contribution < -0.4 is 5.32 Å². The summed E-state index contributed by atoms with van der Waals surface area (Å²) in [5.41, 5.74) is 4.55. The summed E-state index contributed by atoms with van der Waals surface area (Å²) in [6.45, 7) is 8.65. The van der Waals surface area contributed by atoms with Gasteiger partial charge >= 0.3 is 0 Å². The molecule has 0 unspecified atom stereocenters. The first kappa shape index (κ1) is 24.3. The molecule has 1 aromatic carbocycles. The molecule has 182 valence electrons. The van der Waals surface area contributed by atoms with Crippen molar-refractivity contribution < 1.29 is 18.7 Å². The molecule has 0 aliphatic carbocycles. The number of aromatic amines is 1. The molecular weight excluding hydrogens is 452 g/mol. The number of benzene rings is 1. The first-order chi connectivity index (χ1) is 16.1. The van der Waals surface area contributed by atoms with Crippen molar-refractivity contribution >= 4 is 39.7 Å². The summed E-state index contributed by atoms with van der Waals surface area (Å²) in [5, 5.41) is 2.84. The van der Waals surface area contributed by atoms with E-state index < -0.39 is 10.6 Å². The van der Waals surface area contributed by atoms with Gasteiger partial charge in [-0.15, -0.1) is 0 Å². The molecule has 0 bridgehead atoms. The number of carbonyl (C=O) groups excluding carboxylic acids is 2. The number of anilines is 1. The minimum atomic E-state index is -3.01. The van der Waals surface area contributed by atoms with Gasteiger partial charge in [0.05, 0.1) is 21.8 Å². The molecule has 34 heavy (non-hydrogen) atoms. The summed E-state index contributed by atoms with van der Waals surface area (Å²) in [4.78, 5) is 33.8. The summed E-state index contributed by atoms with van der Waals surface area (Å²) >= 11 is 0. The minimum Gasteiger partial charge on any atom is -0.358 e. The van der Waals surface area contributed by atoms with Gasteiger partial charge in [-0.1, -0.05) is 12.2 Å². The highest BCUT2D eigenvalue weighted by Gasteiger charge is 2.29. The second-order valence-electron chi connectivity index (χ2n) is 8.88.